The minimum atomic E-state index is -0.343. The van der Waals surface area contributed by atoms with Crippen LogP contribution in [0.4, 0.5) is 0 Å². The van der Waals surface area contributed by atoms with Crippen molar-refractivity contribution in [2.45, 2.75) is 63.2 Å². The average molecular weight is 274 g/mol. The SMILES string of the molecule is CCC1CCC(c2nc(C3(N)CCC3)no2)O1.Cl. The van der Waals surface area contributed by atoms with Crippen LogP contribution in [0.1, 0.15) is 63.3 Å². The molecule has 2 fully saturated rings. The molecular formula is C12H20ClN3O2. The minimum Gasteiger partial charge on any atom is -0.365 e. The summed E-state index contributed by atoms with van der Waals surface area (Å²) < 4.78 is 11.1. The van der Waals surface area contributed by atoms with Crippen molar-refractivity contribution in [3.05, 3.63) is 11.7 Å². The topological polar surface area (TPSA) is 74.2 Å². The molecule has 0 bridgehead atoms. The zero-order valence-corrected chi connectivity index (χ0v) is 11.4. The van der Waals surface area contributed by atoms with E-state index in [4.69, 9.17) is 15.0 Å². The van der Waals surface area contributed by atoms with Gasteiger partial charge in [-0.05, 0) is 38.5 Å². The standard InChI is InChI=1S/C12H19N3O2.ClH/c1-2-8-4-5-9(16-8)10-14-11(15-17-10)12(13)6-3-7-12;/h8-9H,2-7,13H2,1H3;1H. The highest BCUT2D eigenvalue weighted by Gasteiger charge is 2.40. The van der Waals surface area contributed by atoms with Gasteiger partial charge >= 0.3 is 0 Å². The second-order valence-corrected chi connectivity index (χ2v) is 5.20. The first-order valence-corrected chi connectivity index (χ1v) is 6.50. The molecular weight excluding hydrogens is 254 g/mol. The second-order valence-electron chi connectivity index (χ2n) is 5.20. The monoisotopic (exact) mass is 273 g/mol. The lowest BCUT2D eigenvalue weighted by molar-refractivity contribution is 0.0245. The van der Waals surface area contributed by atoms with Crippen molar-refractivity contribution in [2.75, 3.05) is 0 Å². The normalized spacial score (nSPS) is 29.7. The largest absolute Gasteiger partial charge is 0.365 e. The van der Waals surface area contributed by atoms with E-state index in [1.165, 1.54) is 0 Å². The molecule has 5 nitrogen and oxygen atoms in total. The van der Waals surface area contributed by atoms with E-state index in [0.717, 1.165) is 38.5 Å². The molecule has 1 saturated carbocycles. The number of nitrogens with zero attached hydrogens (tertiary/aromatic N) is 2. The predicted octanol–water partition coefficient (Wildman–Crippen LogP) is 2.46. The Balaban J connectivity index is 0.00000120. The van der Waals surface area contributed by atoms with Gasteiger partial charge in [0.1, 0.15) is 6.10 Å². The molecule has 2 aliphatic rings. The summed E-state index contributed by atoms with van der Waals surface area (Å²) in [6, 6.07) is 0. The zero-order valence-electron chi connectivity index (χ0n) is 10.6. The summed E-state index contributed by atoms with van der Waals surface area (Å²) in [4.78, 5) is 4.43. The molecule has 18 heavy (non-hydrogen) atoms. The molecule has 1 aliphatic heterocycles. The maximum Gasteiger partial charge on any atom is 0.255 e. The van der Waals surface area contributed by atoms with Crippen molar-refractivity contribution < 1.29 is 9.26 Å². The quantitative estimate of drug-likeness (QED) is 0.916. The molecule has 6 heteroatoms. The van der Waals surface area contributed by atoms with E-state index in [2.05, 4.69) is 17.1 Å². The molecule has 0 aromatic carbocycles. The van der Waals surface area contributed by atoms with Crippen LogP contribution in [0.5, 0.6) is 0 Å². The summed E-state index contributed by atoms with van der Waals surface area (Å²) in [7, 11) is 0. The molecule has 1 aromatic rings. The molecule has 2 heterocycles. The minimum absolute atomic E-state index is 0. The lowest BCUT2D eigenvalue weighted by Gasteiger charge is -2.34. The molecule has 1 saturated heterocycles. The number of nitrogens with two attached hydrogens (primary N) is 1. The molecule has 0 amide bonds. The smallest absolute Gasteiger partial charge is 0.255 e. The van der Waals surface area contributed by atoms with Gasteiger partial charge in [0.05, 0.1) is 11.6 Å². The lowest BCUT2D eigenvalue weighted by Crippen LogP contribution is -2.44. The average Bonchev–Trinajstić information content (AvgIpc) is 2.94. The Morgan fingerprint density at radius 3 is 2.72 bits per heavy atom. The Hall–Kier alpha value is -0.650. The Morgan fingerprint density at radius 1 is 1.39 bits per heavy atom. The van der Waals surface area contributed by atoms with Crippen LogP contribution in [-0.2, 0) is 10.3 Å². The van der Waals surface area contributed by atoms with Gasteiger partial charge in [0.15, 0.2) is 5.82 Å². The fourth-order valence-electron chi connectivity index (χ4n) is 2.54. The fourth-order valence-corrected chi connectivity index (χ4v) is 2.54. The van der Waals surface area contributed by atoms with E-state index in [-0.39, 0.29) is 24.0 Å². The summed E-state index contributed by atoms with van der Waals surface area (Å²) in [5.74, 6) is 1.26. The van der Waals surface area contributed by atoms with Gasteiger partial charge in [-0.3, -0.25) is 0 Å². The third-order valence-corrected chi connectivity index (χ3v) is 3.97. The summed E-state index contributed by atoms with van der Waals surface area (Å²) in [5.41, 5.74) is 5.82. The zero-order chi connectivity index (χ0) is 11.9. The Bertz CT molecular complexity index is 406. The van der Waals surface area contributed by atoms with Gasteiger partial charge in [-0.25, -0.2) is 0 Å². The summed E-state index contributed by atoms with van der Waals surface area (Å²) >= 11 is 0. The van der Waals surface area contributed by atoms with Crippen molar-refractivity contribution in [3.63, 3.8) is 0 Å². The molecule has 1 aromatic heterocycles. The molecule has 102 valence electrons. The first-order chi connectivity index (χ1) is 8.21. The van der Waals surface area contributed by atoms with Gasteiger partial charge in [0.25, 0.3) is 5.89 Å². The molecule has 3 rings (SSSR count). The summed E-state index contributed by atoms with van der Waals surface area (Å²) in [6.45, 7) is 2.13. The highest BCUT2D eigenvalue weighted by atomic mass is 35.5. The third kappa shape index (κ3) is 2.27. The van der Waals surface area contributed by atoms with Crippen LogP contribution in [0.15, 0.2) is 4.52 Å². The summed E-state index contributed by atoms with van der Waals surface area (Å²) in [6.07, 6.45) is 6.46. The third-order valence-electron chi connectivity index (χ3n) is 3.97. The van der Waals surface area contributed by atoms with Crippen LogP contribution in [0.3, 0.4) is 0 Å². The van der Waals surface area contributed by atoms with Crippen molar-refractivity contribution in [1.82, 2.24) is 10.1 Å². The van der Waals surface area contributed by atoms with Gasteiger partial charge in [0.2, 0.25) is 0 Å². The second kappa shape index (κ2) is 5.15. The number of aromatic nitrogens is 2. The highest BCUT2D eigenvalue weighted by Crippen LogP contribution is 2.39. The first kappa shape index (κ1) is 13.8. The number of halogens is 1. The Morgan fingerprint density at radius 2 is 2.17 bits per heavy atom. The Labute approximate surface area is 113 Å². The van der Waals surface area contributed by atoms with Crippen LogP contribution in [-0.4, -0.2) is 16.2 Å². The highest BCUT2D eigenvalue weighted by molar-refractivity contribution is 5.85. The number of hydrogen-bond donors (Lipinski definition) is 1. The molecule has 2 unspecified atom stereocenters. The van der Waals surface area contributed by atoms with E-state index >= 15 is 0 Å². The van der Waals surface area contributed by atoms with E-state index in [9.17, 15) is 0 Å². The van der Waals surface area contributed by atoms with E-state index in [1.54, 1.807) is 0 Å². The van der Waals surface area contributed by atoms with Gasteiger partial charge in [0, 0.05) is 0 Å². The number of ether oxygens (including phenoxy) is 1. The first-order valence-electron chi connectivity index (χ1n) is 6.50. The van der Waals surface area contributed by atoms with Gasteiger partial charge < -0.3 is 15.0 Å². The van der Waals surface area contributed by atoms with E-state index in [0.29, 0.717) is 17.8 Å². The maximum absolute atomic E-state index is 6.16. The van der Waals surface area contributed by atoms with Crippen LogP contribution in [0.25, 0.3) is 0 Å². The Kier molecular flexibility index (Phi) is 3.94. The van der Waals surface area contributed by atoms with Crippen LogP contribution >= 0.6 is 12.4 Å². The lowest BCUT2D eigenvalue weighted by atomic mass is 9.77. The number of rotatable bonds is 3. The summed E-state index contributed by atoms with van der Waals surface area (Å²) in [5, 5.41) is 4.01. The van der Waals surface area contributed by atoms with Crippen LogP contribution in [0.2, 0.25) is 0 Å². The van der Waals surface area contributed by atoms with Gasteiger partial charge in [-0.15, -0.1) is 12.4 Å². The maximum atomic E-state index is 6.16. The van der Waals surface area contributed by atoms with Crippen molar-refractivity contribution in [3.8, 4) is 0 Å². The van der Waals surface area contributed by atoms with Gasteiger partial charge in [-0.2, -0.15) is 4.98 Å². The molecule has 1 aliphatic carbocycles. The van der Waals surface area contributed by atoms with Crippen LogP contribution < -0.4 is 5.73 Å². The van der Waals surface area contributed by atoms with E-state index in [1.807, 2.05) is 0 Å². The van der Waals surface area contributed by atoms with Gasteiger partial charge in [-0.1, -0.05) is 12.1 Å². The molecule has 2 atom stereocenters. The van der Waals surface area contributed by atoms with Crippen molar-refractivity contribution in [2.24, 2.45) is 5.73 Å². The van der Waals surface area contributed by atoms with Crippen molar-refractivity contribution in [1.29, 1.82) is 0 Å². The molecule has 0 spiro atoms. The predicted molar refractivity (Wildman–Crippen MR) is 68.4 cm³/mol. The number of hydrogen-bond acceptors (Lipinski definition) is 5. The van der Waals surface area contributed by atoms with Crippen molar-refractivity contribution >= 4 is 12.4 Å². The van der Waals surface area contributed by atoms with E-state index < -0.39 is 0 Å². The molecule has 2 N–H and O–H groups in total. The van der Waals surface area contributed by atoms with Crippen LogP contribution in [0, 0.1) is 0 Å². The fraction of sp³-hybridized carbons (Fsp3) is 0.833. The molecule has 0 radical (unpaired) electrons.